The fourth-order valence-electron chi connectivity index (χ4n) is 0.653. The van der Waals surface area contributed by atoms with Gasteiger partial charge in [-0.2, -0.15) is 5.26 Å². The van der Waals surface area contributed by atoms with Crippen LogP contribution in [0.25, 0.3) is 0 Å². The molecular formula is C7H13NO3. The summed E-state index contributed by atoms with van der Waals surface area (Å²) in [5.41, 5.74) is 0. The standard InChI is InChI=1S/C7H13NO3/c1-4-11-7(2,10-3)6(9)5-8/h6,9H,4H2,1-3H3. The zero-order valence-electron chi connectivity index (χ0n) is 7.00. The Hall–Kier alpha value is -0.630. The Bertz CT molecular complexity index is 154. The van der Waals surface area contributed by atoms with Gasteiger partial charge < -0.3 is 14.6 Å². The van der Waals surface area contributed by atoms with Crippen molar-refractivity contribution in [2.24, 2.45) is 0 Å². The molecule has 64 valence electrons. The minimum atomic E-state index is -1.26. The lowest BCUT2D eigenvalue weighted by Crippen LogP contribution is -2.43. The number of nitriles is 1. The van der Waals surface area contributed by atoms with Gasteiger partial charge >= 0.3 is 0 Å². The first-order valence-electron chi connectivity index (χ1n) is 3.37. The maximum Gasteiger partial charge on any atom is 0.205 e. The number of rotatable bonds is 4. The minimum Gasteiger partial charge on any atom is -0.373 e. The van der Waals surface area contributed by atoms with Crippen LogP contribution in [0.2, 0.25) is 0 Å². The molecule has 11 heavy (non-hydrogen) atoms. The Morgan fingerprint density at radius 3 is 2.55 bits per heavy atom. The van der Waals surface area contributed by atoms with Gasteiger partial charge in [0.05, 0.1) is 6.07 Å². The Balaban J connectivity index is 4.22. The average molecular weight is 159 g/mol. The van der Waals surface area contributed by atoms with E-state index in [4.69, 9.17) is 19.8 Å². The molecule has 0 spiro atoms. The van der Waals surface area contributed by atoms with E-state index in [1.54, 1.807) is 13.0 Å². The van der Waals surface area contributed by atoms with Gasteiger partial charge in [0.15, 0.2) is 6.10 Å². The summed E-state index contributed by atoms with van der Waals surface area (Å²) in [7, 11) is 1.39. The highest BCUT2D eigenvalue weighted by Gasteiger charge is 2.33. The molecule has 4 heteroatoms. The van der Waals surface area contributed by atoms with Crippen molar-refractivity contribution in [1.82, 2.24) is 0 Å². The molecule has 0 aromatic carbocycles. The second-order valence-electron chi connectivity index (χ2n) is 2.18. The summed E-state index contributed by atoms with van der Waals surface area (Å²) >= 11 is 0. The van der Waals surface area contributed by atoms with E-state index in [0.29, 0.717) is 6.61 Å². The fourth-order valence-corrected chi connectivity index (χ4v) is 0.653. The minimum absolute atomic E-state index is 0.392. The second kappa shape index (κ2) is 4.29. The van der Waals surface area contributed by atoms with Crippen LogP contribution in [0.15, 0.2) is 0 Å². The van der Waals surface area contributed by atoms with Gasteiger partial charge in [-0.25, -0.2) is 0 Å². The monoisotopic (exact) mass is 159 g/mol. The summed E-state index contributed by atoms with van der Waals surface area (Å²) in [6, 6.07) is 1.65. The highest BCUT2D eigenvalue weighted by Crippen LogP contribution is 2.15. The predicted molar refractivity (Wildman–Crippen MR) is 38.7 cm³/mol. The van der Waals surface area contributed by atoms with Crippen molar-refractivity contribution in [3.63, 3.8) is 0 Å². The highest BCUT2D eigenvalue weighted by atomic mass is 16.7. The molecule has 0 saturated carbocycles. The van der Waals surface area contributed by atoms with Crippen LogP contribution >= 0.6 is 0 Å². The van der Waals surface area contributed by atoms with Crippen LogP contribution in [0, 0.1) is 11.3 Å². The molecule has 0 fully saturated rings. The molecule has 2 unspecified atom stereocenters. The average Bonchev–Trinajstić information content (AvgIpc) is 2.03. The van der Waals surface area contributed by atoms with Crippen LogP contribution in [-0.4, -0.2) is 30.7 Å². The lowest BCUT2D eigenvalue weighted by atomic mass is 10.2. The lowest BCUT2D eigenvalue weighted by molar-refractivity contribution is -0.245. The van der Waals surface area contributed by atoms with Gasteiger partial charge in [0.2, 0.25) is 5.79 Å². The molecule has 4 nitrogen and oxygen atoms in total. The van der Waals surface area contributed by atoms with Crippen LogP contribution in [0.4, 0.5) is 0 Å². The Labute approximate surface area is 66.3 Å². The van der Waals surface area contributed by atoms with E-state index in [1.165, 1.54) is 14.0 Å². The third-order valence-electron chi connectivity index (χ3n) is 1.46. The molecule has 0 radical (unpaired) electrons. The van der Waals surface area contributed by atoms with Crippen molar-refractivity contribution in [3.05, 3.63) is 0 Å². The molecule has 0 aliphatic heterocycles. The van der Waals surface area contributed by atoms with Gasteiger partial charge in [-0.15, -0.1) is 0 Å². The zero-order valence-corrected chi connectivity index (χ0v) is 7.00. The van der Waals surface area contributed by atoms with Crippen molar-refractivity contribution < 1.29 is 14.6 Å². The molecule has 1 N–H and O–H groups in total. The summed E-state index contributed by atoms with van der Waals surface area (Å²) in [5.74, 6) is -1.20. The molecule has 0 saturated heterocycles. The molecule has 0 rings (SSSR count). The Kier molecular flexibility index (Phi) is 4.04. The molecule has 0 aromatic rings. The quantitative estimate of drug-likeness (QED) is 0.472. The topological polar surface area (TPSA) is 62.5 Å². The summed E-state index contributed by atoms with van der Waals surface area (Å²) in [6.45, 7) is 3.68. The number of aliphatic hydroxyl groups is 1. The fraction of sp³-hybridized carbons (Fsp3) is 0.857. The molecule has 0 aliphatic rings. The van der Waals surface area contributed by atoms with E-state index in [-0.39, 0.29) is 0 Å². The van der Waals surface area contributed by atoms with Gasteiger partial charge in [-0.3, -0.25) is 0 Å². The SMILES string of the molecule is CCOC(C)(OC)C(O)C#N. The number of ether oxygens (including phenoxy) is 2. The van der Waals surface area contributed by atoms with Crippen molar-refractivity contribution >= 4 is 0 Å². The van der Waals surface area contributed by atoms with Gasteiger partial charge in [-0.1, -0.05) is 0 Å². The molecule has 2 atom stereocenters. The van der Waals surface area contributed by atoms with E-state index in [2.05, 4.69) is 0 Å². The molecule has 0 bridgehead atoms. The number of aliphatic hydroxyl groups excluding tert-OH is 1. The van der Waals surface area contributed by atoms with Crippen LogP contribution in [0.5, 0.6) is 0 Å². The first kappa shape index (κ1) is 10.4. The summed E-state index contributed by atoms with van der Waals surface area (Å²) in [5, 5.41) is 17.5. The molecule has 0 amide bonds. The second-order valence-corrected chi connectivity index (χ2v) is 2.18. The van der Waals surface area contributed by atoms with Crippen LogP contribution in [0.1, 0.15) is 13.8 Å². The summed E-state index contributed by atoms with van der Waals surface area (Å²) in [6.07, 6.45) is -1.26. The Morgan fingerprint density at radius 2 is 2.27 bits per heavy atom. The van der Waals surface area contributed by atoms with Crippen LogP contribution in [-0.2, 0) is 9.47 Å². The predicted octanol–water partition coefficient (Wildman–Crippen LogP) is 0.270. The smallest absolute Gasteiger partial charge is 0.205 e. The Morgan fingerprint density at radius 1 is 1.73 bits per heavy atom. The van der Waals surface area contributed by atoms with Gasteiger partial charge in [-0.05, 0) is 13.8 Å². The third kappa shape index (κ3) is 2.46. The molecule has 0 aliphatic carbocycles. The summed E-state index contributed by atoms with van der Waals surface area (Å²) < 4.78 is 9.87. The van der Waals surface area contributed by atoms with E-state index < -0.39 is 11.9 Å². The molecule has 0 heterocycles. The number of hydrogen-bond donors (Lipinski definition) is 1. The summed E-state index contributed by atoms with van der Waals surface area (Å²) in [4.78, 5) is 0. The van der Waals surface area contributed by atoms with Crippen molar-refractivity contribution in [1.29, 1.82) is 5.26 Å². The number of hydrogen-bond acceptors (Lipinski definition) is 4. The van der Waals surface area contributed by atoms with E-state index in [0.717, 1.165) is 0 Å². The third-order valence-corrected chi connectivity index (χ3v) is 1.46. The maximum atomic E-state index is 9.10. The van der Waals surface area contributed by atoms with E-state index in [9.17, 15) is 0 Å². The number of nitrogens with zero attached hydrogens (tertiary/aromatic N) is 1. The molecular weight excluding hydrogens is 146 g/mol. The van der Waals surface area contributed by atoms with Crippen molar-refractivity contribution in [2.75, 3.05) is 13.7 Å². The highest BCUT2D eigenvalue weighted by molar-refractivity contribution is 4.92. The van der Waals surface area contributed by atoms with E-state index >= 15 is 0 Å². The normalized spacial score (nSPS) is 18.5. The van der Waals surface area contributed by atoms with Crippen LogP contribution in [0.3, 0.4) is 0 Å². The van der Waals surface area contributed by atoms with Crippen LogP contribution < -0.4 is 0 Å². The number of methoxy groups -OCH3 is 1. The van der Waals surface area contributed by atoms with E-state index in [1.807, 2.05) is 0 Å². The first-order valence-corrected chi connectivity index (χ1v) is 3.37. The van der Waals surface area contributed by atoms with Gasteiger partial charge in [0.25, 0.3) is 0 Å². The van der Waals surface area contributed by atoms with Crippen molar-refractivity contribution in [2.45, 2.75) is 25.7 Å². The largest absolute Gasteiger partial charge is 0.373 e. The van der Waals surface area contributed by atoms with Crippen molar-refractivity contribution in [3.8, 4) is 6.07 Å². The maximum absolute atomic E-state index is 9.10. The lowest BCUT2D eigenvalue weighted by Gasteiger charge is -2.28. The van der Waals surface area contributed by atoms with Gasteiger partial charge in [0.1, 0.15) is 0 Å². The van der Waals surface area contributed by atoms with Gasteiger partial charge in [0, 0.05) is 13.7 Å². The molecule has 0 aromatic heterocycles. The zero-order chi connectivity index (χ0) is 8.91. The first-order chi connectivity index (χ1) is 5.10.